The zero-order valence-electron chi connectivity index (χ0n) is 11.1. The lowest BCUT2D eigenvalue weighted by Crippen LogP contribution is -2.52. The van der Waals surface area contributed by atoms with Crippen LogP contribution >= 0.6 is 0 Å². The number of nitrogens with zero attached hydrogens (tertiary/aromatic N) is 3. The van der Waals surface area contributed by atoms with Crippen LogP contribution in [0.5, 0.6) is 0 Å². The molecule has 1 atom stereocenters. The maximum Gasteiger partial charge on any atom is 0.101 e. The van der Waals surface area contributed by atoms with Crippen molar-refractivity contribution in [3.05, 3.63) is 29.8 Å². The van der Waals surface area contributed by atoms with E-state index in [0.717, 1.165) is 31.9 Å². The Morgan fingerprint density at radius 1 is 1.33 bits per heavy atom. The summed E-state index contributed by atoms with van der Waals surface area (Å²) in [7, 11) is 4.32. The summed E-state index contributed by atoms with van der Waals surface area (Å²) in [4.78, 5) is 4.73. The highest BCUT2D eigenvalue weighted by Crippen LogP contribution is 2.14. The Morgan fingerprint density at radius 2 is 2.11 bits per heavy atom. The van der Waals surface area contributed by atoms with Gasteiger partial charge in [0.25, 0.3) is 0 Å². The third kappa shape index (κ3) is 3.00. The quantitative estimate of drug-likeness (QED) is 0.868. The van der Waals surface area contributed by atoms with Gasteiger partial charge < -0.3 is 10.2 Å². The van der Waals surface area contributed by atoms with E-state index in [0.29, 0.717) is 11.6 Å². The number of piperazine rings is 1. The number of likely N-dealkylation sites (N-methyl/N-ethyl adjacent to an activating group) is 2. The van der Waals surface area contributed by atoms with Crippen molar-refractivity contribution in [2.24, 2.45) is 0 Å². The minimum atomic E-state index is 0.496. The zero-order valence-corrected chi connectivity index (χ0v) is 11.1. The van der Waals surface area contributed by atoms with Crippen LogP contribution in [0.15, 0.2) is 24.3 Å². The van der Waals surface area contributed by atoms with Crippen molar-refractivity contribution in [1.82, 2.24) is 9.80 Å². The Balaban J connectivity index is 1.96. The molecule has 1 heterocycles. The monoisotopic (exact) mass is 244 g/mol. The van der Waals surface area contributed by atoms with E-state index in [1.807, 2.05) is 24.3 Å². The normalized spacial score (nSPS) is 21.5. The molecule has 0 spiro atoms. The van der Waals surface area contributed by atoms with Crippen LogP contribution in [-0.4, -0.2) is 56.1 Å². The molecule has 1 fully saturated rings. The summed E-state index contributed by atoms with van der Waals surface area (Å²) in [5, 5.41) is 12.4. The Morgan fingerprint density at radius 3 is 2.89 bits per heavy atom. The van der Waals surface area contributed by atoms with E-state index in [-0.39, 0.29) is 0 Å². The number of benzene rings is 1. The van der Waals surface area contributed by atoms with Crippen LogP contribution in [0.3, 0.4) is 0 Å². The van der Waals surface area contributed by atoms with Crippen LogP contribution in [0.25, 0.3) is 0 Å². The molecular weight excluding hydrogens is 224 g/mol. The molecule has 4 nitrogen and oxygen atoms in total. The molecule has 96 valence electrons. The molecule has 1 unspecified atom stereocenters. The Hall–Kier alpha value is -1.57. The van der Waals surface area contributed by atoms with Crippen LogP contribution < -0.4 is 5.32 Å². The van der Waals surface area contributed by atoms with Gasteiger partial charge in [0.2, 0.25) is 0 Å². The predicted octanol–water partition coefficient (Wildman–Crippen LogP) is 1.22. The van der Waals surface area contributed by atoms with Crippen LogP contribution in [0.4, 0.5) is 5.69 Å². The SMILES string of the molecule is CN1CCN(C)C(CNc2ccccc2C#N)C1. The number of hydrogen-bond donors (Lipinski definition) is 1. The predicted molar refractivity (Wildman–Crippen MR) is 73.6 cm³/mol. The largest absolute Gasteiger partial charge is 0.382 e. The molecule has 0 saturated carbocycles. The van der Waals surface area contributed by atoms with Gasteiger partial charge in [-0.15, -0.1) is 0 Å². The summed E-state index contributed by atoms with van der Waals surface area (Å²) in [6, 6.07) is 10.4. The number of rotatable bonds is 3. The maximum atomic E-state index is 9.04. The third-order valence-electron chi connectivity index (χ3n) is 3.56. The molecule has 1 aliphatic rings. The first-order chi connectivity index (χ1) is 8.70. The summed E-state index contributed by atoms with van der Waals surface area (Å²) in [5.74, 6) is 0. The second-order valence-electron chi connectivity index (χ2n) is 4.93. The lowest BCUT2D eigenvalue weighted by molar-refractivity contribution is 0.122. The van der Waals surface area contributed by atoms with Crippen molar-refractivity contribution in [3.63, 3.8) is 0 Å². The van der Waals surface area contributed by atoms with E-state index in [1.165, 1.54) is 0 Å². The fourth-order valence-electron chi connectivity index (χ4n) is 2.28. The van der Waals surface area contributed by atoms with E-state index in [2.05, 4.69) is 35.3 Å². The van der Waals surface area contributed by atoms with Gasteiger partial charge in [0.15, 0.2) is 0 Å². The van der Waals surface area contributed by atoms with Gasteiger partial charge in [-0.25, -0.2) is 0 Å². The Labute approximate surface area is 109 Å². The fourth-order valence-corrected chi connectivity index (χ4v) is 2.28. The maximum absolute atomic E-state index is 9.04. The van der Waals surface area contributed by atoms with Gasteiger partial charge in [0.05, 0.1) is 11.3 Å². The van der Waals surface area contributed by atoms with E-state index < -0.39 is 0 Å². The van der Waals surface area contributed by atoms with Crippen molar-refractivity contribution >= 4 is 5.69 Å². The zero-order chi connectivity index (χ0) is 13.0. The summed E-state index contributed by atoms with van der Waals surface area (Å²) >= 11 is 0. The molecule has 18 heavy (non-hydrogen) atoms. The first-order valence-electron chi connectivity index (χ1n) is 6.32. The van der Waals surface area contributed by atoms with Crippen molar-refractivity contribution in [2.75, 3.05) is 45.6 Å². The van der Waals surface area contributed by atoms with E-state index in [4.69, 9.17) is 5.26 Å². The second kappa shape index (κ2) is 5.85. The van der Waals surface area contributed by atoms with Crippen LogP contribution in [0, 0.1) is 11.3 Å². The highest BCUT2D eigenvalue weighted by atomic mass is 15.3. The first-order valence-corrected chi connectivity index (χ1v) is 6.32. The van der Waals surface area contributed by atoms with Gasteiger partial charge >= 0.3 is 0 Å². The molecule has 2 rings (SSSR count). The first kappa shape index (κ1) is 12.9. The minimum absolute atomic E-state index is 0.496. The van der Waals surface area contributed by atoms with Crippen LogP contribution in [-0.2, 0) is 0 Å². The highest BCUT2D eigenvalue weighted by Gasteiger charge is 2.21. The van der Waals surface area contributed by atoms with Gasteiger partial charge in [-0.05, 0) is 26.2 Å². The van der Waals surface area contributed by atoms with E-state index >= 15 is 0 Å². The van der Waals surface area contributed by atoms with Crippen LogP contribution in [0.2, 0.25) is 0 Å². The molecular formula is C14H20N4. The Bertz CT molecular complexity index is 438. The molecule has 1 aliphatic heterocycles. The highest BCUT2D eigenvalue weighted by molar-refractivity contribution is 5.57. The Kier molecular flexibility index (Phi) is 4.19. The van der Waals surface area contributed by atoms with Gasteiger partial charge in [0.1, 0.15) is 6.07 Å². The van der Waals surface area contributed by atoms with Gasteiger partial charge in [0, 0.05) is 32.2 Å². The summed E-state index contributed by atoms with van der Waals surface area (Å²) < 4.78 is 0. The van der Waals surface area contributed by atoms with Crippen molar-refractivity contribution in [2.45, 2.75) is 6.04 Å². The van der Waals surface area contributed by atoms with Crippen molar-refractivity contribution in [1.29, 1.82) is 5.26 Å². The number of hydrogen-bond acceptors (Lipinski definition) is 4. The number of para-hydroxylation sites is 1. The lowest BCUT2D eigenvalue weighted by atomic mass is 10.1. The standard InChI is InChI=1S/C14H20N4/c1-17-7-8-18(2)13(11-17)10-16-14-6-4-3-5-12(14)9-15/h3-6,13,16H,7-8,10-11H2,1-2H3. The molecule has 0 aliphatic carbocycles. The second-order valence-corrected chi connectivity index (χ2v) is 4.93. The molecule has 0 amide bonds. The van der Waals surface area contributed by atoms with E-state index in [1.54, 1.807) is 0 Å². The number of anilines is 1. The third-order valence-corrected chi connectivity index (χ3v) is 3.56. The molecule has 0 bridgehead atoms. The fraction of sp³-hybridized carbons (Fsp3) is 0.500. The molecule has 1 aromatic rings. The average Bonchev–Trinajstić information content (AvgIpc) is 2.40. The number of nitriles is 1. The van der Waals surface area contributed by atoms with Gasteiger partial charge in [-0.3, -0.25) is 4.90 Å². The molecule has 0 radical (unpaired) electrons. The average molecular weight is 244 g/mol. The van der Waals surface area contributed by atoms with Gasteiger partial charge in [-0.2, -0.15) is 5.26 Å². The smallest absolute Gasteiger partial charge is 0.101 e. The molecule has 0 aromatic heterocycles. The molecule has 1 N–H and O–H groups in total. The van der Waals surface area contributed by atoms with E-state index in [9.17, 15) is 0 Å². The molecule has 1 aromatic carbocycles. The molecule has 1 saturated heterocycles. The molecule has 4 heteroatoms. The topological polar surface area (TPSA) is 42.3 Å². The minimum Gasteiger partial charge on any atom is -0.382 e. The number of nitrogens with one attached hydrogen (secondary N) is 1. The summed E-state index contributed by atoms with van der Waals surface area (Å²) in [6.07, 6.45) is 0. The summed E-state index contributed by atoms with van der Waals surface area (Å²) in [6.45, 7) is 4.17. The van der Waals surface area contributed by atoms with Crippen LogP contribution in [0.1, 0.15) is 5.56 Å². The van der Waals surface area contributed by atoms with Crippen molar-refractivity contribution < 1.29 is 0 Å². The summed E-state index contributed by atoms with van der Waals surface area (Å²) in [5.41, 5.74) is 1.64. The lowest BCUT2D eigenvalue weighted by Gasteiger charge is -2.37. The van der Waals surface area contributed by atoms with Gasteiger partial charge in [-0.1, -0.05) is 12.1 Å². The van der Waals surface area contributed by atoms with Crippen molar-refractivity contribution in [3.8, 4) is 6.07 Å².